The summed E-state index contributed by atoms with van der Waals surface area (Å²) in [6.07, 6.45) is 8.07. The molecule has 2 heterocycles. The number of aryl methyl sites for hydroxylation is 1. The lowest BCUT2D eigenvalue weighted by Crippen LogP contribution is -2.24. The zero-order chi connectivity index (χ0) is 23.3. The number of carbonyl (C=O) groups is 1. The smallest absolute Gasteiger partial charge is 0.254 e. The normalized spacial score (nSPS) is 13.0. The zero-order valence-corrected chi connectivity index (χ0v) is 18.9. The summed E-state index contributed by atoms with van der Waals surface area (Å²) in [6, 6.07) is 17.4. The summed E-state index contributed by atoms with van der Waals surface area (Å²) >= 11 is 0. The molecule has 2 aromatic heterocycles. The molecule has 34 heavy (non-hydrogen) atoms. The maximum atomic E-state index is 12.7. The number of pyridine rings is 1. The minimum atomic E-state index is -0.145. The van der Waals surface area contributed by atoms with Gasteiger partial charge in [0.05, 0.1) is 34.7 Å². The van der Waals surface area contributed by atoms with Crippen LogP contribution in [0.5, 0.6) is 0 Å². The SMILES string of the molecule is Cc1ccnc(C=Cc2n[nH]c3cc(Nc4ccccc4C(=O)NCC#CC4CC4)ccc23)c1. The molecule has 5 rings (SSSR count). The van der Waals surface area contributed by atoms with E-state index in [-0.39, 0.29) is 5.91 Å². The Balaban J connectivity index is 1.31. The summed E-state index contributed by atoms with van der Waals surface area (Å²) in [4.78, 5) is 17.1. The zero-order valence-electron chi connectivity index (χ0n) is 18.9. The Morgan fingerprint density at radius 3 is 2.88 bits per heavy atom. The number of rotatable bonds is 6. The number of nitrogens with one attached hydrogen (secondary N) is 3. The predicted octanol–water partition coefficient (Wildman–Crippen LogP) is 5.32. The number of para-hydroxylation sites is 1. The topological polar surface area (TPSA) is 82.7 Å². The fourth-order valence-electron chi connectivity index (χ4n) is 3.65. The lowest BCUT2D eigenvalue weighted by atomic mass is 10.1. The van der Waals surface area contributed by atoms with Crippen molar-refractivity contribution in [2.24, 2.45) is 5.92 Å². The summed E-state index contributed by atoms with van der Waals surface area (Å²) in [7, 11) is 0. The van der Waals surface area contributed by atoms with Crippen molar-refractivity contribution in [2.75, 3.05) is 11.9 Å². The lowest BCUT2D eigenvalue weighted by molar-refractivity contribution is 0.0959. The monoisotopic (exact) mass is 447 g/mol. The van der Waals surface area contributed by atoms with Gasteiger partial charge in [-0.15, -0.1) is 0 Å². The molecule has 1 fully saturated rings. The number of aromatic amines is 1. The van der Waals surface area contributed by atoms with E-state index in [1.165, 1.54) is 12.8 Å². The average molecular weight is 448 g/mol. The van der Waals surface area contributed by atoms with Gasteiger partial charge in [0.1, 0.15) is 0 Å². The molecule has 2 aromatic carbocycles. The van der Waals surface area contributed by atoms with Crippen molar-refractivity contribution in [3.63, 3.8) is 0 Å². The van der Waals surface area contributed by atoms with Crippen molar-refractivity contribution in [1.29, 1.82) is 0 Å². The molecule has 1 aliphatic rings. The highest BCUT2D eigenvalue weighted by Gasteiger charge is 2.17. The van der Waals surface area contributed by atoms with Gasteiger partial charge in [-0.2, -0.15) is 5.10 Å². The van der Waals surface area contributed by atoms with E-state index in [1.807, 2.05) is 73.7 Å². The van der Waals surface area contributed by atoms with E-state index < -0.39 is 0 Å². The highest BCUT2D eigenvalue weighted by Crippen LogP contribution is 2.27. The summed E-state index contributed by atoms with van der Waals surface area (Å²) < 4.78 is 0. The molecule has 0 atom stereocenters. The molecule has 0 radical (unpaired) electrons. The number of fused-ring (bicyclic) bond motifs is 1. The summed E-state index contributed by atoms with van der Waals surface area (Å²) in [6.45, 7) is 2.40. The van der Waals surface area contributed by atoms with Crippen LogP contribution in [0.25, 0.3) is 23.1 Å². The van der Waals surface area contributed by atoms with Crippen LogP contribution in [0.1, 0.15) is 40.2 Å². The van der Waals surface area contributed by atoms with Crippen LogP contribution in [0.15, 0.2) is 60.8 Å². The van der Waals surface area contributed by atoms with Crippen molar-refractivity contribution in [3.05, 3.63) is 83.3 Å². The van der Waals surface area contributed by atoms with E-state index in [0.29, 0.717) is 18.0 Å². The molecule has 3 N–H and O–H groups in total. The second-order valence-corrected chi connectivity index (χ2v) is 8.41. The number of hydrogen-bond donors (Lipinski definition) is 3. The highest BCUT2D eigenvalue weighted by atomic mass is 16.1. The number of aromatic nitrogens is 3. The van der Waals surface area contributed by atoms with Crippen LogP contribution in [0.2, 0.25) is 0 Å². The van der Waals surface area contributed by atoms with E-state index in [1.54, 1.807) is 6.20 Å². The molecule has 0 unspecified atom stereocenters. The Hall–Kier alpha value is -4.37. The first kappa shape index (κ1) is 21.5. The fourth-order valence-corrected chi connectivity index (χ4v) is 3.65. The number of H-pyrrole nitrogens is 1. The summed E-state index contributed by atoms with van der Waals surface area (Å²) in [5.74, 6) is 6.58. The fraction of sp³-hybridized carbons (Fsp3) is 0.179. The molecular formula is C28H25N5O. The van der Waals surface area contributed by atoms with Gasteiger partial charge in [0.15, 0.2) is 0 Å². The van der Waals surface area contributed by atoms with Crippen molar-refractivity contribution < 1.29 is 4.79 Å². The van der Waals surface area contributed by atoms with Crippen molar-refractivity contribution in [3.8, 4) is 11.8 Å². The van der Waals surface area contributed by atoms with Crippen LogP contribution >= 0.6 is 0 Å². The molecule has 0 bridgehead atoms. The Kier molecular flexibility index (Phi) is 6.09. The number of carbonyl (C=O) groups excluding carboxylic acids is 1. The van der Waals surface area contributed by atoms with E-state index in [9.17, 15) is 4.79 Å². The van der Waals surface area contributed by atoms with Crippen LogP contribution in [0.3, 0.4) is 0 Å². The number of nitrogens with zero attached hydrogens (tertiary/aromatic N) is 2. The van der Waals surface area contributed by atoms with Crippen molar-refractivity contribution in [2.45, 2.75) is 19.8 Å². The first-order chi connectivity index (χ1) is 16.7. The number of anilines is 2. The van der Waals surface area contributed by atoms with Crippen molar-refractivity contribution in [1.82, 2.24) is 20.5 Å². The Bertz CT molecular complexity index is 1440. The third-order valence-electron chi connectivity index (χ3n) is 5.61. The molecule has 6 heteroatoms. The van der Waals surface area contributed by atoms with Crippen LogP contribution in [0, 0.1) is 24.7 Å². The van der Waals surface area contributed by atoms with Gasteiger partial charge in [0.2, 0.25) is 0 Å². The van der Waals surface area contributed by atoms with Gasteiger partial charge in [-0.05, 0) is 79.9 Å². The summed E-state index contributed by atoms with van der Waals surface area (Å²) in [5.41, 5.74) is 5.98. The third kappa shape index (κ3) is 5.16. The molecule has 0 saturated heterocycles. The predicted molar refractivity (Wildman–Crippen MR) is 137 cm³/mol. The standard InChI is InChI=1S/C28H25N5O/c1-19-14-16-29-21(17-19)11-13-26-23-12-10-22(18-27(23)33-32-26)31-25-7-3-2-6-24(25)28(34)30-15-4-5-20-8-9-20/h2-3,6-7,10-14,16-18,20,31H,8-9,15H2,1H3,(H,30,34)(H,32,33). The molecular weight excluding hydrogens is 422 g/mol. The number of amides is 1. The van der Waals surface area contributed by atoms with Gasteiger partial charge in [-0.1, -0.05) is 24.0 Å². The molecule has 6 nitrogen and oxygen atoms in total. The van der Waals surface area contributed by atoms with E-state index in [0.717, 1.165) is 39.2 Å². The second-order valence-electron chi connectivity index (χ2n) is 8.41. The van der Waals surface area contributed by atoms with E-state index >= 15 is 0 Å². The quantitative estimate of drug-likeness (QED) is 0.349. The van der Waals surface area contributed by atoms with Gasteiger partial charge in [-0.25, -0.2) is 0 Å². The summed E-state index contributed by atoms with van der Waals surface area (Å²) in [5, 5.41) is 14.8. The second kappa shape index (κ2) is 9.63. The van der Waals surface area contributed by atoms with Gasteiger partial charge in [0.25, 0.3) is 5.91 Å². The van der Waals surface area contributed by atoms with Gasteiger partial charge in [-0.3, -0.25) is 14.9 Å². The number of hydrogen-bond acceptors (Lipinski definition) is 4. The van der Waals surface area contributed by atoms with Crippen molar-refractivity contribution >= 4 is 40.3 Å². The minimum Gasteiger partial charge on any atom is -0.355 e. The first-order valence-electron chi connectivity index (χ1n) is 11.4. The Morgan fingerprint density at radius 2 is 2.03 bits per heavy atom. The van der Waals surface area contributed by atoms with Crippen LogP contribution in [-0.4, -0.2) is 27.6 Å². The van der Waals surface area contributed by atoms with Crippen LogP contribution in [0.4, 0.5) is 11.4 Å². The van der Waals surface area contributed by atoms with Gasteiger partial charge >= 0.3 is 0 Å². The maximum absolute atomic E-state index is 12.7. The van der Waals surface area contributed by atoms with Crippen LogP contribution < -0.4 is 10.6 Å². The Labute approximate surface area is 198 Å². The van der Waals surface area contributed by atoms with Crippen LogP contribution in [-0.2, 0) is 0 Å². The third-order valence-corrected chi connectivity index (χ3v) is 5.61. The molecule has 1 aliphatic carbocycles. The number of benzene rings is 2. The molecule has 1 saturated carbocycles. The largest absolute Gasteiger partial charge is 0.355 e. The Morgan fingerprint density at radius 1 is 1.15 bits per heavy atom. The molecule has 0 spiro atoms. The van der Waals surface area contributed by atoms with E-state index in [4.69, 9.17) is 0 Å². The van der Waals surface area contributed by atoms with Gasteiger partial charge < -0.3 is 10.6 Å². The molecule has 0 aliphatic heterocycles. The highest BCUT2D eigenvalue weighted by molar-refractivity contribution is 6.00. The molecule has 168 valence electrons. The molecule has 4 aromatic rings. The first-order valence-corrected chi connectivity index (χ1v) is 11.4. The molecule has 1 amide bonds. The lowest BCUT2D eigenvalue weighted by Gasteiger charge is -2.11. The average Bonchev–Trinajstić information content (AvgIpc) is 3.59. The van der Waals surface area contributed by atoms with E-state index in [2.05, 4.69) is 37.7 Å². The minimum absolute atomic E-state index is 0.145. The maximum Gasteiger partial charge on any atom is 0.254 e. The van der Waals surface area contributed by atoms with Gasteiger partial charge in [0, 0.05) is 23.2 Å².